The van der Waals surface area contributed by atoms with Crippen molar-refractivity contribution in [1.82, 2.24) is 25.4 Å². The highest BCUT2D eigenvalue weighted by atomic mass is 16.5. The summed E-state index contributed by atoms with van der Waals surface area (Å²) in [5.41, 5.74) is 5.20. The van der Waals surface area contributed by atoms with Gasteiger partial charge in [-0.05, 0) is 24.7 Å². The number of hydroxylamine groups is 2. The van der Waals surface area contributed by atoms with Gasteiger partial charge in [0.15, 0.2) is 0 Å². The number of carbonyl (C=O) groups is 2. The topological polar surface area (TPSA) is 124 Å². The monoisotopic (exact) mass is 379 g/mol. The maximum Gasteiger partial charge on any atom is 0.264 e. The molecule has 10 heteroatoms. The van der Waals surface area contributed by atoms with Crippen LogP contribution in [0.5, 0.6) is 0 Å². The van der Waals surface area contributed by atoms with Crippen LogP contribution in [0.3, 0.4) is 0 Å². The number of anilines is 2. The summed E-state index contributed by atoms with van der Waals surface area (Å²) in [6.45, 7) is 4.09. The molecule has 0 bridgehead atoms. The van der Waals surface area contributed by atoms with Gasteiger partial charge < -0.3 is 4.90 Å². The summed E-state index contributed by atoms with van der Waals surface area (Å²) >= 11 is 0. The predicted octanol–water partition coefficient (Wildman–Crippen LogP) is 0.986. The lowest BCUT2D eigenvalue weighted by Gasteiger charge is -2.34. The lowest BCUT2D eigenvalue weighted by atomic mass is 9.79. The molecule has 3 N–H and O–H groups in total. The molecule has 1 aliphatic rings. The van der Waals surface area contributed by atoms with Crippen molar-refractivity contribution < 1.29 is 14.8 Å². The third-order valence-corrected chi connectivity index (χ3v) is 4.85. The van der Waals surface area contributed by atoms with E-state index in [0.29, 0.717) is 29.2 Å². The second kappa shape index (κ2) is 9.45. The molecule has 2 amide bonds. The van der Waals surface area contributed by atoms with Gasteiger partial charge in [0.2, 0.25) is 18.3 Å². The number of amides is 2. The van der Waals surface area contributed by atoms with Gasteiger partial charge in [0, 0.05) is 20.5 Å². The highest BCUT2D eigenvalue weighted by Gasteiger charge is 2.35. The molecule has 1 heterocycles. The van der Waals surface area contributed by atoms with Gasteiger partial charge in [-0.2, -0.15) is 15.0 Å². The molecule has 27 heavy (non-hydrogen) atoms. The number of carbonyl (C=O) groups excluding carboxylic acids is 2. The summed E-state index contributed by atoms with van der Waals surface area (Å²) in [5.74, 6) is 1.24. The summed E-state index contributed by atoms with van der Waals surface area (Å²) < 4.78 is 0. The first-order valence-electron chi connectivity index (χ1n) is 9.26. The van der Waals surface area contributed by atoms with Crippen LogP contribution in [0.25, 0.3) is 0 Å². The third kappa shape index (κ3) is 5.49. The number of aryl methyl sites for hydroxylation is 1. The molecule has 0 spiro atoms. The van der Waals surface area contributed by atoms with Crippen LogP contribution in [0.4, 0.5) is 11.9 Å². The van der Waals surface area contributed by atoms with E-state index < -0.39 is 11.9 Å². The smallest absolute Gasteiger partial charge is 0.264 e. The van der Waals surface area contributed by atoms with Gasteiger partial charge in [0.25, 0.3) is 5.91 Å². The van der Waals surface area contributed by atoms with E-state index in [2.05, 4.69) is 32.7 Å². The first kappa shape index (κ1) is 20.8. The summed E-state index contributed by atoms with van der Waals surface area (Å²) in [5, 5.41) is 10.4. The van der Waals surface area contributed by atoms with Crippen LogP contribution >= 0.6 is 0 Å². The lowest BCUT2D eigenvalue weighted by Crippen LogP contribution is -2.51. The zero-order valence-electron chi connectivity index (χ0n) is 16.3. The fourth-order valence-electron chi connectivity index (χ4n) is 3.23. The molecule has 0 saturated heterocycles. The van der Waals surface area contributed by atoms with Crippen molar-refractivity contribution in [1.29, 1.82) is 0 Å². The van der Waals surface area contributed by atoms with Crippen LogP contribution in [-0.2, 0) is 16.0 Å². The van der Waals surface area contributed by atoms with Gasteiger partial charge in [-0.3, -0.25) is 25.6 Å². The van der Waals surface area contributed by atoms with Crippen LogP contribution in [0, 0.1) is 11.8 Å². The summed E-state index contributed by atoms with van der Waals surface area (Å²) in [7, 11) is 3.62. The van der Waals surface area contributed by atoms with E-state index in [0.717, 1.165) is 25.7 Å². The Labute approximate surface area is 159 Å². The number of hydrogen-bond donors (Lipinski definition) is 3. The first-order chi connectivity index (χ1) is 12.8. The van der Waals surface area contributed by atoms with Crippen molar-refractivity contribution in [3.63, 3.8) is 0 Å². The minimum absolute atomic E-state index is 0.0971. The summed E-state index contributed by atoms with van der Waals surface area (Å²) in [6, 6.07) is -0.955. The van der Waals surface area contributed by atoms with Crippen molar-refractivity contribution in [2.45, 2.75) is 52.0 Å². The third-order valence-electron chi connectivity index (χ3n) is 4.85. The number of aromatic nitrogens is 3. The van der Waals surface area contributed by atoms with E-state index in [1.165, 1.54) is 0 Å². The minimum Gasteiger partial charge on any atom is -0.347 e. The average molecular weight is 379 g/mol. The van der Waals surface area contributed by atoms with Crippen LogP contribution in [-0.4, -0.2) is 57.7 Å². The Morgan fingerprint density at radius 2 is 1.93 bits per heavy atom. The molecule has 1 aromatic rings. The van der Waals surface area contributed by atoms with Gasteiger partial charge in [0.05, 0.1) is 0 Å². The Balaban J connectivity index is 2.09. The first-order valence-corrected chi connectivity index (χ1v) is 9.26. The number of nitrogens with zero attached hydrogens (tertiary/aromatic N) is 5. The molecule has 1 saturated carbocycles. The molecule has 1 aromatic heterocycles. The van der Waals surface area contributed by atoms with Crippen molar-refractivity contribution in [2.24, 2.45) is 11.8 Å². The molecule has 10 nitrogen and oxygen atoms in total. The summed E-state index contributed by atoms with van der Waals surface area (Å²) in [6.07, 6.45) is 4.37. The fraction of sp³-hybridized carbons (Fsp3) is 0.706. The van der Waals surface area contributed by atoms with Gasteiger partial charge in [-0.25, -0.2) is 5.06 Å². The van der Waals surface area contributed by atoms with Crippen molar-refractivity contribution in [3.05, 3.63) is 5.82 Å². The van der Waals surface area contributed by atoms with E-state index >= 15 is 0 Å². The Hall–Kier alpha value is -2.49. The SMILES string of the molecule is CCc1nc(NNC(=O)C(C2CCC(C)CC2)N(O)C=O)nc(N(C)C)n1. The second-order valence-corrected chi connectivity index (χ2v) is 7.19. The molecule has 0 radical (unpaired) electrons. The van der Waals surface area contributed by atoms with Crippen molar-refractivity contribution >= 4 is 24.2 Å². The maximum absolute atomic E-state index is 12.7. The van der Waals surface area contributed by atoms with Crippen molar-refractivity contribution in [3.8, 4) is 0 Å². The van der Waals surface area contributed by atoms with Gasteiger partial charge in [0.1, 0.15) is 11.9 Å². The standard InChI is InChI=1S/C17H29N7O3/c1-5-13-18-16(20-17(19-13)23(3)4)22-21-15(26)14(24(27)10-25)12-8-6-11(2)7-9-12/h10-12,14,27H,5-9H2,1-4H3,(H,21,26)(H,18,19,20,22). The molecule has 1 aliphatic carbocycles. The van der Waals surface area contributed by atoms with E-state index in [-0.39, 0.29) is 18.3 Å². The number of hydrogen-bond acceptors (Lipinski definition) is 8. The fourth-order valence-corrected chi connectivity index (χ4v) is 3.23. The zero-order valence-corrected chi connectivity index (χ0v) is 16.3. The maximum atomic E-state index is 12.7. The lowest BCUT2D eigenvalue weighted by molar-refractivity contribution is -0.173. The molecule has 0 aliphatic heterocycles. The van der Waals surface area contributed by atoms with Gasteiger partial charge in [-0.1, -0.05) is 26.7 Å². The van der Waals surface area contributed by atoms with E-state index in [1.54, 1.807) is 4.90 Å². The van der Waals surface area contributed by atoms with Crippen LogP contribution in [0.15, 0.2) is 0 Å². The molecular formula is C17H29N7O3. The van der Waals surface area contributed by atoms with E-state index in [4.69, 9.17) is 0 Å². The Bertz CT molecular complexity index is 647. The van der Waals surface area contributed by atoms with Gasteiger partial charge in [-0.15, -0.1) is 0 Å². The Kier molecular flexibility index (Phi) is 7.28. The molecule has 0 aromatic carbocycles. The van der Waals surface area contributed by atoms with Gasteiger partial charge >= 0.3 is 0 Å². The number of rotatable bonds is 8. The molecule has 1 atom stereocenters. The highest BCUT2D eigenvalue weighted by molar-refractivity contribution is 5.84. The molecule has 2 rings (SSSR count). The number of hydrazine groups is 1. The van der Waals surface area contributed by atoms with Crippen LogP contribution in [0.2, 0.25) is 0 Å². The highest BCUT2D eigenvalue weighted by Crippen LogP contribution is 2.31. The molecule has 1 unspecified atom stereocenters. The van der Waals surface area contributed by atoms with Crippen LogP contribution < -0.4 is 15.8 Å². The molecule has 150 valence electrons. The predicted molar refractivity (Wildman–Crippen MR) is 99.9 cm³/mol. The van der Waals surface area contributed by atoms with E-state index in [1.807, 2.05) is 21.0 Å². The zero-order chi connectivity index (χ0) is 20.0. The number of nitrogens with one attached hydrogen (secondary N) is 2. The average Bonchev–Trinajstić information content (AvgIpc) is 2.67. The summed E-state index contributed by atoms with van der Waals surface area (Å²) in [4.78, 5) is 38.2. The minimum atomic E-state index is -0.955. The normalized spacial score (nSPS) is 20.5. The Morgan fingerprint density at radius 3 is 2.48 bits per heavy atom. The molecular weight excluding hydrogens is 350 g/mol. The Morgan fingerprint density at radius 1 is 1.26 bits per heavy atom. The van der Waals surface area contributed by atoms with Crippen LogP contribution in [0.1, 0.15) is 45.4 Å². The van der Waals surface area contributed by atoms with E-state index in [9.17, 15) is 14.8 Å². The largest absolute Gasteiger partial charge is 0.347 e. The quantitative estimate of drug-likeness (QED) is 0.347. The van der Waals surface area contributed by atoms with Crippen molar-refractivity contribution in [2.75, 3.05) is 24.4 Å². The second-order valence-electron chi connectivity index (χ2n) is 7.19. The molecule has 1 fully saturated rings.